The van der Waals surface area contributed by atoms with Crippen molar-refractivity contribution in [3.8, 4) is 0 Å². The van der Waals surface area contributed by atoms with Crippen LogP contribution in [0.15, 0.2) is 0 Å². The highest BCUT2D eigenvalue weighted by atomic mass is 16.4. The SMILES string of the molecule is CC(=O)O.CC(C)CC1C(=O)C2(C)CCC1C2(C)C. The molecule has 110 valence electrons. The number of carboxylic acid groups (broad SMARTS) is 1. The molecule has 2 fully saturated rings. The molecule has 3 unspecified atom stereocenters. The van der Waals surface area contributed by atoms with Crippen molar-refractivity contribution in [3.63, 3.8) is 0 Å². The molecule has 2 bridgehead atoms. The van der Waals surface area contributed by atoms with Gasteiger partial charge >= 0.3 is 0 Å². The van der Waals surface area contributed by atoms with Gasteiger partial charge in [-0.25, -0.2) is 0 Å². The number of ketones is 1. The predicted molar refractivity (Wildman–Crippen MR) is 75.9 cm³/mol. The fourth-order valence-corrected chi connectivity index (χ4v) is 4.05. The van der Waals surface area contributed by atoms with Crippen molar-refractivity contribution in [1.82, 2.24) is 0 Å². The van der Waals surface area contributed by atoms with Gasteiger partial charge in [0, 0.05) is 18.3 Å². The van der Waals surface area contributed by atoms with E-state index in [0.29, 0.717) is 23.5 Å². The highest BCUT2D eigenvalue weighted by molar-refractivity contribution is 5.91. The number of fused-ring (bicyclic) bond motifs is 2. The van der Waals surface area contributed by atoms with Crippen molar-refractivity contribution >= 4 is 11.8 Å². The third kappa shape index (κ3) is 2.70. The second kappa shape index (κ2) is 5.26. The molecule has 0 radical (unpaired) electrons. The largest absolute Gasteiger partial charge is 0.481 e. The molecule has 3 atom stereocenters. The van der Waals surface area contributed by atoms with Crippen LogP contribution in [0.25, 0.3) is 0 Å². The summed E-state index contributed by atoms with van der Waals surface area (Å²) in [6.07, 6.45) is 3.49. The Bertz CT molecular complexity index is 366. The molecule has 0 heterocycles. The van der Waals surface area contributed by atoms with Crippen molar-refractivity contribution in [1.29, 1.82) is 0 Å². The van der Waals surface area contributed by atoms with Crippen LogP contribution in [0.4, 0.5) is 0 Å². The zero-order valence-corrected chi connectivity index (χ0v) is 13.1. The highest BCUT2D eigenvalue weighted by Crippen LogP contribution is 2.66. The molecular formula is C16H28O3. The minimum Gasteiger partial charge on any atom is -0.481 e. The topological polar surface area (TPSA) is 54.4 Å². The zero-order valence-electron chi connectivity index (χ0n) is 13.1. The summed E-state index contributed by atoms with van der Waals surface area (Å²) in [5.74, 6) is 1.39. The molecule has 0 aliphatic heterocycles. The predicted octanol–water partition coefficient (Wildman–Crippen LogP) is 3.76. The monoisotopic (exact) mass is 268 g/mol. The van der Waals surface area contributed by atoms with E-state index in [-0.39, 0.29) is 10.8 Å². The number of hydrogen-bond donors (Lipinski definition) is 1. The van der Waals surface area contributed by atoms with E-state index in [1.165, 1.54) is 6.42 Å². The van der Waals surface area contributed by atoms with Gasteiger partial charge < -0.3 is 5.11 Å². The summed E-state index contributed by atoms with van der Waals surface area (Å²) in [5, 5.41) is 7.42. The first-order chi connectivity index (χ1) is 8.54. The van der Waals surface area contributed by atoms with E-state index in [4.69, 9.17) is 9.90 Å². The second-order valence-corrected chi connectivity index (χ2v) is 7.32. The maximum atomic E-state index is 12.4. The minimum absolute atomic E-state index is 0.0166. The first kappa shape index (κ1) is 16.2. The second-order valence-electron chi connectivity index (χ2n) is 7.32. The van der Waals surface area contributed by atoms with Gasteiger partial charge in [0.25, 0.3) is 5.97 Å². The number of carbonyl (C=O) groups excluding carboxylic acids is 1. The molecule has 0 aromatic carbocycles. The van der Waals surface area contributed by atoms with E-state index < -0.39 is 5.97 Å². The molecule has 2 saturated carbocycles. The standard InChI is InChI=1S/C14H24O.C2H4O2/c1-9(2)8-10-11-6-7-14(5,12(10)15)13(11,3)4;1-2(3)4/h9-11H,6-8H2,1-5H3;1H3,(H,3,4). The Balaban J connectivity index is 0.000000399. The Kier molecular flexibility index (Phi) is 4.48. The van der Waals surface area contributed by atoms with Gasteiger partial charge in [-0.3, -0.25) is 9.59 Å². The Morgan fingerprint density at radius 1 is 1.37 bits per heavy atom. The van der Waals surface area contributed by atoms with Crippen molar-refractivity contribution < 1.29 is 14.7 Å². The van der Waals surface area contributed by atoms with E-state index in [1.54, 1.807) is 0 Å². The molecule has 0 aromatic rings. The van der Waals surface area contributed by atoms with Crippen molar-refractivity contribution in [3.05, 3.63) is 0 Å². The fraction of sp³-hybridized carbons (Fsp3) is 0.875. The molecule has 3 nitrogen and oxygen atoms in total. The summed E-state index contributed by atoms with van der Waals surface area (Å²) in [6.45, 7) is 12.4. The lowest BCUT2D eigenvalue weighted by Gasteiger charge is -2.32. The maximum absolute atomic E-state index is 12.4. The van der Waals surface area contributed by atoms with Gasteiger partial charge in [0.1, 0.15) is 5.78 Å². The molecule has 1 N–H and O–H groups in total. The number of carboxylic acids is 1. The van der Waals surface area contributed by atoms with Gasteiger partial charge in [-0.2, -0.15) is 0 Å². The van der Waals surface area contributed by atoms with Crippen LogP contribution in [0.3, 0.4) is 0 Å². The average Bonchev–Trinajstić information content (AvgIpc) is 2.51. The van der Waals surface area contributed by atoms with Crippen LogP contribution in [0.1, 0.15) is 60.8 Å². The van der Waals surface area contributed by atoms with Crippen LogP contribution in [0.5, 0.6) is 0 Å². The molecule has 0 spiro atoms. The number of rotatable bonds is 2. The lowest BCUT2D eigenvalue weighted by atomic mass is 9.70. The number of Topliss-reactive ketones (excluding diaryl/α,β-unsaturated/α-hetero) is 1. The first-order valence-electron chi connectivity index (χ1n) is 7.28. The molecule has 2 aliphatic rings. The third-order valence-corrected chi connectivity index (χ3v) is 5.40. The van der Waals surface area contributed by atoms with Crippen LogP contribution >= 0.6 is 0 Å². The van der Waals surface area contributed by atoms with Crippen LogP contribution < -0.4 is 0 Å². The summed E-state index contributed by atoms with van der Waals surface area (Å²) in [7, 11) is 0. The molecule has 2 rings (SSSR count). The van der Waals surface area contributed by atoms with Crippen LogP contribution in [-0.2, 0) is 9.59 Å². The van der Waals surface area contributed by atoms with Crippen LogP contribution in [0, 0.1) is 28.6 Å². The van der Waals surface area contributed by atoms with Gasteiger partial charge in [0.05, 0.1) is 0 Å². The van der Waals surface area contributed by atoms with E-state index in [2.05, 4.69) is 34.6 Å². The first-order valence-corrected chi connectivity index (χ1v) is 7.28. The lowest BCUT2D eigenvalue weighted by molar-refractivity contribution is -0.134. The molecule has 2 aliphatic carbocycles. The van der Waals surface area contributed by atoms with Gasteiger partial charge in [0.15, 0.2) is 0 Å². The molecular weight excluding hydrogens is 240 g/mol. The van der Waals surface area contributed by atoms with Gasteiger partial charge in [-0.1, -0.05) is 34.6 Å². The quantitative estimate of drug-likeness (QED) is 0.829. The van der Waals surface area contributed by atoms with Crippen molar-refractivity contribution in [2.24, 2.45) is 28.6 Å². The summed E-state index contributed by atoms with van der Waals surface area (Å²) >= 11 is 0. The van der Waals surface area contributed by atoms with Gasteiger partial charge in [0.2, 0.25) is 0 Å². The molecule has 0 saturated heterocycles. The minimum atomic E-state index is -0.833. The van der Waals surface area contributed by atoms with E-state index >= 15 is 0 Å². The number of aliphatic carboxylic acids is 1. The third-order valence-electron chi connectivity index (χ3n) is 5.40. The highest BCUT2D eigenvalue weighted by Gasteiger charge is 2.65. The molecule has 0 amide bonds. The van der Waals surface area contributed by atoms with Crippen molar-refractivity contribution in [2.45, 2.75) is 60.8 Å². The number of carbonyl (C=O) groups is 2. The van der Waals surface area contributed by atoms with E-state index in [9.17, 15) is 4.79 Å². The smallest absolute Gasteiger partial charge is 0.300 e. The summed E-state index contributed by atoms with van der Waals surface area (Å²) in [5.41, 5.74) is 0.223. The zero-order chi connectivity index (χ0) is 15.0. The number of hydrogen-bond acceptors (Lipinski definition) is 2. The Morgan fingerprint density at radius 3 is 2.16 bits per heavy atom. The van der Waals surface area contributed by atoms with Gasteiger partial charge in [-0.05, 0) is 36.5 Å². The molecule has 19 heavy (non-hydrogen) atoms. The fourth-order valence-electron chi connectivity index (χ4n) is 4.05. The van der Waals surface area contributed by atoms with Gasteiger partial charge in [-0.15, -0.1) is 0 Å². The average molecular weight is 268 g/mol. The van der Waals surface area contributed by atoms with E-state index in [1.807, 2.05) is 0 Å². The lowest BCUT2D eigenvalue weighted by Crippen LogP contribution is -2.33. The van der Waals surface area contributed by atoms with Crippen LogP contribution in [-0.4, -0.2) is 16.9 Å². The van der Waals surface area contributed by atoms with E-state index in [0.717, 1.165) is 19.8 Å². The van der Waals surface area contributed by atoms with Crippen LogP contribution in [0.2, 0.25) is 0 Å². The normalized spacial score (nSPS) is 35.2. The molecule has 0 aromatic heterocycles. The summed E-state index contributed by atoms with van der Waals surface area (Å²) in [4.78, 5) is 21.4. The Morgan fingerprint density at radius 2 is 1.84 bits per heavy atom. The summed E-state index contributed by atoms with van der Waals surface area (Å²) in [6, 6.07) is 0. The Labute approximate surface area is 116 Å². The molecule has 3 heteroatoms. The summed E-state index contributed by atoms with van der Waals surface area (Å²) < 4.78 is 0. The maximum Gasteiger partial charge on any atom is 0.300 e. The van der Waals surface area contributed by atoms with Crippen molar-refractivity contribution in [2.75, 3.05) is 0 Å². The Hall–Kier alpha value is -0.860.